The number of para-hydroxylation sites is 1. The fraction of sp³-hybridized carbons (Fsp3) is 0.500. The van der Waals surface area contributed by atoms with Gasteiger partial charge in [-0.05, 0) is 30.4 Å². The van der Waals surface area contributed by atoms with E-state index in [1.807, 2.05) is 25.1 Å². The molecule has 0 saturated heterocycles. The highest BCUT2D eigenvalue weighted by Crippen LogP contribution is 2.26. The Bertz CT molecular complexity index is 363. The van der Waals surface area contributed by atoms with Gasteiger partial charge in [0.15, 0.2) is 0 Å². The molecular weight excluding hydrogens is 212 g/mol. The maximum absolute atomic E-state index is 11.6. The van der Waals surface area contributed by atoms with E-state index in [2.05, 4.69) is 30.5 Å². The smallest absolute Gasteiger partial charge is 0.319 e. The van der Waals surface area contributed by atoms with Crippen molar-refractivity contribution in [3.05, 3.63) is 29.8 Å². The molecule has 0 spiro atoms. The monoisotopic (exact) mass is 234 g/mol. The number of rotatable bonds is 5. The molecule has 0 unspecified atom stereocenters. The van der Waals surface area contributed by atoms with E-state index in [-0.39, 0.29) is 6.03 Å². The van der Waals surface area contributed by atoms with Gasteiger partial charge in [-0.1, -0.05) is 39.0 Å². The van der Waals surface area contributed by atoms with E-state index >= 15 is 0 Å². The van der Waals surface area contributed by atoms with Crippen molar-refractivity contribution in [2.75, 3.05) is 11.9 Å². The van der Waals surface area contributed by atoms with Crippen molar-refractivity contribution in [2.45, 2.75) is 39.5 Å². The summed E-state index contributed by atoms with van der Waals surface area (Å²) < 4.78 is 0. The van der Waals surface area contributed by atoms with Crippen LogP contribution >= 0.6 is 0 Å². The summed E-state index contributed by atoms with van der Waals surface area (Å²) in [5, 5.41) is 5.73. The second kappa shape index (κ2) is 6.94. The van der Waals surface area contributed by atoms with E-state index in [4.69, 9.17) is 0 Å². The number of carbonyl (C=O) groups is 1. The highest BCUT2D eigenvalue weighted by molar-refractivity contribution is 5.90. The Balaban J connectivity index is 2.73. The van der Waals surface area contributed by atoms with Crippen LogP contribution in [0.3, 0.4) is 0 Å². The van der Waals surface area contributed by atoms with Crippen LogP contribution in [0, 0.1) is 0 Å². The van der Waals surface area contributed by atoms with Gasteiger partial charge in [0.1, 0.15) is 0 Å². The van der Waals surface area contributed by atoms with Gasteiger partial charge in [-0.2, -0.15) is 0 Å². The first kappa shape index (κ1) is 13.6. The van der Waals surface area contributed by atoms with Crippen LogP contribution in [0.5, 0.6) is 0 Å². The maximum Gasteiger partial charge on any atom is 0.319 e. The van der Waals surface area contributed by atoms with E-state index in [1.54, 1.807) is 0 Å². The Kier molecular flexibility index (Phi) is 5.53. The minimum absolute atomic E-state index is 0.123. The summed E-state index contributed by atoms with van der Waals surface area (Å²) in [5.74, 6) is 0.456. The fourth-order valence-corrected chi connectivity index (χ4v) is 1.67. The second-order valence-corrected chi connectivity index (χ2v) is 4.28. The molecule has 1 aromatic rings. The Labute approximate surface area is 104 Å². The third-order valence-electron chi connectivity index (χ3n) is 2.89. The molecule has 2 amide bonds. The molecule has 0 aliphatic heterocycles. The summed E-state index contributed by atoms with van der Waals surface area (Å²) >= 11 is 0. The van der Waals surface area contributed by atoms with Crippen LogP contribution in [0.2, 0.25) is 0 Å². The first-order valence-electron chi connectivity index (χ1n) is 6.32. The fourth-order valence-electron chi connectivity index (χ4n) is 1.67. The number of hydrogen-bond donors (Lipinski definition) is 2. The van der Waals surface area contributed by atoms with Gasteiger partial charge in [0.05, 0.1) is 0 Å². The van der Waals surface area contributed by atoms with Gasteiger partial charge in [0.2, 0.25) is 0 Å². The summed E-state index contributed by atoms with van der Waals surface area (Å²) in [6.07, 6.45) is 2.01. The second-order valence-electron chi connectivity index (χ2n) is 4.28. The lowest BCUT2D eigenvalue weighted by atomic mass is 9.97. The Hall–Kier alpha value is -1.51. The van der Waals surface area contributed by atoms with Gasteiger partial charge >= 0.3 is 6.03 Å². The zero-order chi connectivity index (χ0) is 12.7. The van der Waals surface area contributed by atoms with Gasteiger partial charge in [-0.3, -0.25) is 0 Å². The molecule has 94 valence electrons. The summed E-state index contributed by atoms with van der Waals surface area (Å²) in [7, 11) is 0. The van der Waals surface area contributed by atoms with Crippen molar-refractivity contribution in [2.24, 2.45) is 0 Å². The van der Waals surface area contributed by atoms with Crippen molar-refractivity contribution in [1.82, 2.24) is 5.32 Å². The largest absolute Gasteiger partial charge is 0.338 e. The highest BCUT2D eigenvalue weighted by atomic mass is 16.2. The number of nitrogens with one attached hydrogen (secondary N) is 2. The lowest BCUT2D eigenvalue weighted by Crippen LogP contribution is -2.29. The van der Waals surface area contributed by atoms with Crippen LogP contribution in [0.25, 0.3) is 0 Å². The average molecular weight is 234 g/mol. The molecule has 0 bridgehead atoms. The Morgan fingerprint density at radius 3 is 2.65 bits per heavy atom. The summed E-state index contributed by atoms with van der Waals surface area (Å²) in [5.41, 5.74) is 2.11. The van der Waals surface area contributed by atoms with Crippen molar-refractivity contribution in [1.29, 1.82) is 0 Å². The quantitative estimate of drug-likeness (QED) is 0.800. The van der Waals surface area contributed by atoms with Crippen molar-refractivity contribution in [3.63, 3.8) is 0 Å². The zero-order valence-electron chi connectivity index (χ0n) is 10.9. The zero-order valence-corrected chi connectivity index (χ0v) is 10.9. The molecule has 1 rings (SSSR count). The van der Waals surface area contributed by atoms with E-state index < -0.39 is 0 Å². The predicted molar refractivity (Wildman–Crippen MR) is 72.5 cm³/mol. The minimum Gasteiger partial charge on any atom is -0.338 e. The number of anilines is 1. The van der Waals surface area contributed by atoms with Gasteiger partial charge in [-0.15, -0.1) is 0 Å². The number of benzene rings is 1. The van der Waals surface area contributed by atoms with Crippen LogP contribution in [-0.4, -0.2) is 12.6 Å². The van der Waals surface area contributed by atoms with Crippen molar-refractivity contribution < 1.29 is 4.79 Å². The van der Waals surface area contributed by atoms with E-state index in [0.29, 0.717) is 12.5 Å². The van der Waals surface area contributed by atoms with Crippen molar-refractivity contribution in [3.8, 4) is 0 Å². The number of amides is 2. The summed E-state index contributed by atoms with van der Waals surface area (Å²) in [4.78, 5) is 11.6. The molecular formula is C14H22N2O. The van der Waals surface area contributed by atoms with Crippen LogP contribution in [0.4, 0.5) is 10.5 Å². The molecule has 0 radical (unpaired) electrons. The molecule has 0 heterocycles. The third-order valence-corrected chi connectivity index (χ3v) is 2.89. The third kappa shape index (κ3) is 4.10. The van der Waals surface area contributed by atoms with Gasteiger partial charge in [0, 0.05) is 12.2 Å². The molecule has 0 aliphatic carbocycles. The average Bonchev–Trinajstić information content (AvgIpc) is 2.36. The summed E-state index contributed by atoms with van der Waals surface area (Å²) in [6.45, 7) is 7.06. The lowest BCUT2D eigenvalue weighted by molar-refractivity contribution is 0.252. The lowest BCUT2D eigenvalue weighted by Gasteiger charge is -2.15. The molecule has 1 aromatic carbocycles. The number of carbonyl (C=O) groups excluding carboxylic acids is 1. The first-order valence-corrected chi connectivity index (χ1v) is 6.32. The van der Waals surface area contributed by atoms with E-state index in [1.165, 1.54) is 5.56 Å². The van der Waals surface area contributed by atoms with Crippen LogP contribution < -0.4 is 10.6 Å². The molecule has 0 fully saturated rings. The molecule has 3 heteroatoms. The van der Waals surface area contributed by atoms with Gasteiger partial charge < -0.3 is 10.6 Å². The maximum atomic E-state index is 11.6. The molecule has 0 aliphatic rings. The van der Waals surface area contributed by atoms with E-state index in [9.17, 15) is 4.79 Å². The van der Waals surface area contributed by atoms with Gasteiger partial charge in [-0.25, -0.2) is 4.79 Å². The molecule has 0 aromatic heterocycles. The normalized spacial score (nSPS) is 11.9. The SMILES string of the molecule is CCCNC(=O)Nc1ccccc1[C@@H](C)CC. The highest BCUT2D eigenvalue weighted by Gasteiger charge is 2.10. The minimum atomic E-state index is -0.123. The topological polar surface area (TPSA) is 41.1 Å². The predicted octanol–water partition coefficient (Wildman–Crippen LogP) is 3.73. The molecule has 0 saturated carbocycles. The van der Waals surface area contributed by atoms with Crippen LogP contribution in [0.1, 0.15) is 45.1 Å². The Morgan fingerprint density at radius 2 is 2.00 bits per heavy atom. The molecule has 17 heavy (non-hydrogen) atoms. The standard InChI is InChI=1S/C14H22N2O/c1-4-10-15-14(17)16-13-9-7-6-8-12(13)11(3)5-2/h6-9,11H,4-5,10H2,1-3H3,(H2,15,16,17)/t11-/m0/s1. The van der Waals surface area contributed by atoms with Crippen LogP contribution in [0.15, 0.2) is 24.3 Å². The molecule has 3 nitrogen and oxygen atoms in total. The summed E-state index contributed by atoms with van der Waals surface area (Å²) in [6, 6.07) is 7.86. The van der Waals surface area contributed by atoms with Gasteiger partial charge in [0.25, 0.3) is 0 Å². The number of urea groups is 1. The first-order chi connectivity index (χ1) is 8.19. The van der Waals surface area contributed by atoms with E-state index in [0.717, 1.165) is 18.5 Å². The number of hydrogen-bond acceptors (Lipinski definition) is 1. The molecule has 1 atom stereocenters. The Morgan fingerprint density at radius 1 is 1.29 bits per heavy atom. The molecule has 2 N–H and O–H groups in total. The van der Waals surface area contributed by atoms with Crippen molar-refractivity contribution >= 4 is 11.7 Å². The van der Waals surface area contributed by atoms with Crippen LogP contribution in [-0.2, 0) is 0 Å².